The topological polar surface area (TPSA) is 195 Å². The Morgan fingerprint density at radius 1 is 0.973 bits per heavy atom. The van der Waals surface area contributed by atoms with E-state index in [9.17, 15) is 24.3 Å². The number of hydrogen-bond donors (Lipinski definition) is 7. The number of aliphatic carboxylic acids is 1. The highest BCUT2D eigenvalue weighted by Crippen LogP contribution is 2.18. The normalized spacial score (nSPS) is 14.5. The van der Waals surface area contributed by atoms with Crippen molar-refractivity contribution in [1.29, 1.82) is 0 Å². The maximum Gasteiger partial charge on any atom is 0.326 e. The zero-order chi connectivity index (χ0) is 27.1. The number of benzene rings is 1. The number of imidazole rings is 1. The first-order valence-electron chi connectivity index (χ1n) is 12.0. The largest absolute Gasteiger partial charge is 0.480 e. The molecule has 0 spiro atoms. The van der Waals surface area contributed by atoms with Gasteiger partial charge in [-0.25, -0.2) is 9.78 Å². The van der Waals surface area contributed by atoms with Gasteiger partial charge in [0, 0.05) is 35.4 Å². The molecule has 12 heteroatoms. The molecule has 0 radical (unpaired) electrons. The molecule has 4 unspecified atom stereocenters. The molecule has 0 saturated heterocycles. The van der Waals surface area contributed by atoms with Crippen molar-refractivity contribution in [2.45, 2.75) is 57.8 Å². The van der Waals surface area contributed by atoms with Crippen molar-refractivity contribution in [3.8, 4) is 0 Å². The average Bonchev–Trinajstić information content (AvgIpc) is 3.51. The van der Waals surface area contributed by atoms with Crippen LogP contribution in [0.5, 0.6) is 0 Å². The number of rotatable bonds is 12. The van der Waals surface area contributed by atoms with Gasteiger partial charge in [0.25, 0.3) is 0 Å². The number of hydrogen-bond acceptors (Lipinski definition) is 6. The number of nitrogens with zero attached hydrogens (tertiary/aromatic N) is 1. The van der Waals surface area contributed by atoms with Gasteiger partial charge in [-0.05, 0) is 30.9 Å². The summed E-state index contributed by atoms with van der Waals surface area (Å²) < 4.78 is 0. The van der Waals surface area contributed by atoms with Gasteiger partial charge in [0.1, 0.15) is 18.1 Å². The van der Waals surface area contributed by atoms with Crippen LogP contribution in [-0.2, 0) is 32.0 Å². The summed E-state index contributed by atoms with van der Waals surface area (Å²) in [5.74, 6) is -3.36. The smallest absolute Gasteiger partial charge is 0.326 e. The second-order valence-electron chi connectivity index (χ2n) is 9.31. The summed E-state index contributed by atoms with van der Waals surface area (Å²) in [6, 6.07) is 3.52. The molecule has 2 aromatic heterocycles. The van der Waals surface area contributed by atoms with Crippen LogP contribution in [0, 0.1) is 5.92 Å². The molecule has 0 saturated carbocycles. The lowest BCUT2D eigenvalue weighted by molar-refractivity contribution is -0.143. The number of nitrogens with two attached hydrogens (primary N) is 1. The van der Waals surface area contributed by atoms with Crippen molar-refractivity contribution in [1.82, 2.24) is 30.9 Å². The molecule has 8 N–H and O–H groups in total. The monoisotopic (exact) mass is 511 g/mol. The van der Waals surface area contributed by atoms with Crippen LogP contribution in [-0.4, -0.2) is 67.9 Å². The van der Waals surface area contributed by atoms with E-state index in [0.29, 0.717) is 5.69 Å². The Hall–Kier alpha value is -4.19. The summed E-state index contributed by atoms with van der Waals surface area (Å²) in [5.41, 5.74) is 8.49. The summed E-state index contributed by atoms with van der Waals surface area (Å²) in [6.07, 6.45) is 5.04. The number of para-hydroxylation sites is 1. The van der Waals surface area contributed by atoms with E-state index in [0.717, 1.165) is 16.5 Å². The number of amides is 3. The van der Waals surface area contributed by atoms with Gasteiger partial charge in [0.15, 0.2) is 0 Å². The molecule has 0 aliphatic carbocycles. The summed E-state index contributed by atoms with van der Waals surface area (Å²) in [6.45, 7) is 4.81. The van der Waals surface area contributed by atoms with E-state index in [2.05, 4.69) is 30.9 Å². The predicted octanol–water partition coefficient (Wildman–Crippen LogP) is 0.218. The molecule has 0 aliphatic heterocycles. The number of H-pyrrole nitrogens is 2. The molecule has 2 heterocycles. The number of carboxylic acid groups (broad SMARTS) is 1. The first-order valence-corrected chi connectivity index (χ1v) is 12.0. The van der Waals surface area contributed by atoms with Crippen molar-refractivity contribution in [2.75, 3.05) is 0 Å². The van der Waals surface area contributed by atoms with Gasteiger partial charge >= 0.3 is 5.97 Å². The number of aromatic nitrogens is 3. The van der Waals surface area contributed by atoms with Gasteiger partial charge in [-0.2, -0.15) is 0 Å². The van der Waals surface area contributed by atoms with E-state index in [1.54, 1.807) is 20.0 Å². The quantitative estimate of drug-likeness (QED) is 0.180. The lowest BCUT2D eigenvalue weighted by atomic mass is 10.0. The van der Waals surface area contributed by atoms with Crippen molar-refractivity contribution in [3.05, 3.63) is 54.2 Å². The Labute approximate surface area is 213 Å². The van der Waals surface area contributed by atoms with Gasteiger partial charge in [0.2, 0.25) is 17.7 Å². The Morgan fingerprint density at radius 2 is 1.70 bits per heavy atom. The molecule has 0 bridgehead atoms. The van der Waals surface area contributed by atoms with Gasteiger partial charge in [0.05, 0.1) is 12.4 Å². The van der Waals surface area contributed by atoms with Crippen molar-refractivity contribution in [3.63, 3.8) is 0 Å². The fourth-order valence-electron chi connectivity index (χ4n) is 3.91. The third-order valence-corrected chi connectivity index (χ3v) is 6.05. The molecule has 3 amide bonds. The Morgan fingerprint density at radius 3 is 2.35 bits per heavy atom. The van der Waals surface area contributed by atoms with Crippen LogP contribution in [0.2, 0.25) is 0 Å². The number of carboxylic acids is 1. The number of fused-ring (bicyclic) bond motifs is 1. The van der Waals surface area contributed by atoms with Crippen LogP contribution in [0.1, 0.15) is 32.0 Å². The molecule has 37 heavy (non-hydrogen) atoms. The van der Waals surface area contributed by atoms with Crippen LogP contribution in [0.3, 0.4) is 0 Å². The highest BCUT2D eigenvalue weighted by atomic mass is 16.4. The molecule has 3 aromatic rings. The highest BCUT2D eigenvalue weighted by molar-refractivity contribution is 5.94. The van der Waals surface area contributed by atoms with E-state index < -0.39 is 47.9 Å². The van der Waals surface area contributed by atoms with Crippen molar-refractivity contribution < 1.29 is 24.3 Å². The first-order chi connectivity index (χ1) is 17.6. The Kier molecular flexibility index (Phi) is 9.01. The molecule has 3 rings (SSSR count). The SMILES string of the molecule is CC(NC(=O)C(N)Cc1c[nH]c2ccccc12)C(=O)NC(Cc1cnc[nH]1)C(=O)NC(C(=O)O)C(C)C. The maximum atomic E-state index is 12.9. The third kappa shape index (κ3) is 7.17. The fraction of sp³-hybridized carbons (Fsp3) is 0.400. The maximum absolute atomic E-state index is 12.9. The standard InChI is InChI=1S/C25H33N7O5/c1-13(2)21(25(36)37)32-24(35)20(9-16-11-27-12-29-16)31-22(33)14(3)30-23(34)18(26)8-15-10-28-19-7-5-4-6-17(15)19/h4-7,10-14,18,20-21,28H,8-9,26H2,1-3H3,(H,27,29)(H,30,34)(H,31,33)(H,32,35)(H,36,37). The van der Waals surface area contributed by atoms with E-state index in [1.165, 1.54) is 19.4 Å². The summed E-state index contributed by atoms with van der Waals surface area (Å²) in [5, 5.41) is 18.0. The third-order valence-electron chi connectivity index (χ3n) is 6.05. The van der Waals surface area contributed by atoms with E-state index in [4.69, 9.17) is 5.73 Å². The average molecular weight is 512 g/mol. The van der Waals surface area contributed by atoms with Gasteiger partial charge < -0.3 is 36.8 Å². The second kappa shape index (κ2) is 12.2. The van der Waals surface area contributed by atoms with Crippen molar-refractivity contribution in [2.24, 2.45) is 11.7 Å². The van der Waals surface area contributed by atoms with Gasteiger partial charge in [-0.1, -0.05) is 32.0 Å². The second-order valence-corrected chi connectivity index (χ2v) is 9.31. The van der Waals surface area contributed by atoms with E-state index >= 15 is 0 Å². The predicted molar refractivity (Wildman–Crippen MR) is 136 cm³/mol. The molecule has 12 nitrogen and oxygen atoms in total. The molecule has 0 aliphatic rings. The lowest BCUT2D eigenvalue weighted by Crippen LogP contribution is -2.57. The zero-order valence-electron chi connectivity index (χ0n) is 20.9. The fourth-order valence-corrected chi connectivity index (χ4v) is 3.91. The number of carbonyl (C=O) groups is 4. The molecule has 4 atom stereocenters. The minimum atomic E-state index is -1.18. The summed E-state index contributed by atoms with van der Waals surface area (Å²) >= 11 is 0. The van der Waals surface area contributed by atoms with Crippen LogP contribution < -0.4 is 21.7 Å². The lowest BCUT2D eigenvalue weighted by Gasteiger charge is -2.24. The summed E-state index contributed by atoms with van der Waals surface area (Å²) in [4.78, 5) is 60.0. The highest BCUT2D eigenvalue weighted by Gasteiger charge is 2.30. The number of carbonyl (C=O) groups excluding carboxylic acids is 3. The van der Waals surface area contributed by atoms with Crippen LogP contribution >= 0.6 is 0 Å². The van der Waals surface area contributed by atoms with Crippen molar-refractivity contribution >= 4 is 34.6 Å². The molecular formula is C25H33N7O5. The molecule has 0 fully saturated rings. The first kappa shape index (κ1) is 27.4. The van der Waals surface area contributed by atoms with Crippen LogP contribution in [0.4, 0.5) is 0 Å². The van der Waals surface area contributed by atoms with Gasteiger partial charge in [-0.15, -0.1) is 0 Å². The van der Waals surface area contributed by atoms with Crippen LogP contribution in [0.25, 0.3) is 10.9 Å². The Balaban J connectivity index is 1.63. The molecular weight excluding hydrogens is 478 g/mol. The van der Waals surface area contributed by atoms with Gasteiger partial charge in [-0.3, -0.25) is 14.4 Å². The molecule has 198 valence electrons. The summed E-state index contributed by atoms with van der Waals surface area (Å²) in [7, 11) is 0. The Bertz CT molecular complexity index is 1240. The molecule has 1 aromatic carbocycles. The minimum absolute atomic E-state index is 0.0444. The zero-order valence-corrected chi connectivity index (χ0v) is 20.9. The minimum Gasteiger partial charge on any atom is -0.480 e. The van der Waals surface area contributed by atoms with E-state index in [-0.39, 0.29) is 18.8 Å². The van der Waals surface area contributed by atoms with E-state index in [1.807, 2.05) is 24.3 Å². The van der Waals surface area contributed by atoms with Crippen LogP contribution in [0.15, 0.2) is 43.0 Å². The number of nitrogens with one attached hydrogen (secondary N) is 5. The number of aromatic amines is 2.